The Bertz CT molecular complexity index is 791. The van der Waals surface area contributed by atoms with Crippen LogP contribution in [0.4, 0.5) is 0 Å². The van der Waals surface area contributed by atoms with Gasteiger partial charge in [-0.05, 0) is 60.4 Å². The number of benzene rings is 2. The van der Waals surface area contributed by atoms with E-state index in [1.165, 1.54) is 5.56 Å². The number of rotatable bonds is 2. The van der Waals surface area contributed by atoms with E-state index < -0.39 is 8.32 Å². The Balaban J connectivity index is 1.97. The SMILES string of the molecule is Cc1cc2c(cc1Cl)-c1ccc(O[Si](C)(C)C(C)(C)C)cc1CO2. The van der Waals surface area contributed by atoms with Gasteiger partial charge in [-0.3, -0.25) is 0 Å². The quantitative estimate of drug-likeness (QED) is 0.562. The Morgan fingerprint density at radius 3 is 2.46 bits per heavy atom. The maximum absolute atomic E-state index is 6.42. The van der Waals surface area contributed by atoms with Gasteiger partial charge in [0.1, 0.15) is 18.1 Å². The lowest BCUT2D eigenvalue weighted by Crippen LogP contribution is -2.43. The summed E-state index contributed by atoms with van der Waals surface area (Å²) in [5, 5.41) is 0.948. The molecule has 2 aromatic carbocycles. The molecule has 0 fully saturated rings. The third-order valence-electron chi connectivity index (χ3n) is 5.19. The van der Waals surface area contributed by atoms with Crippen molar-refractivity contribution >= 4 is 19.9 Å². The molecule has 1 aliphatic heterocycles. The Hall–Kier alpha value is -1.45. The first-order valence-corrected chi connectivity index (χ1v) is 11.6. The molecule has 0 amide bonds. The van der Waals surface area contributed by atoms with Crippen molar-refractivity contribution in [3.8, 4) is 22.6 Å². The highest BCUT2D eigenvalue weighted by Crippen LogP contribution is 2.43. The molecule has 0 aliphatic carbocycles. The number of ether oxygens (including phenoxy) is 1. The maximum atomic E-state index is 6.42. The molecule has 1 aliphatic rings. The second-order valence-electron chi connectivity index (χ2n) is 8.07. The Morgan fingerprint density at radius 1 is 1.08 bits per heavy atom. The average molecular weight is 361 g/mol. The Morgan fingerprint density at radius 2 is 1.79 bits per heavy atom. The van der Waals surface area contributed by atoms with E-state index in [0.29, 0.717) is 6.61 Å². The molecule has 4 heteroatoms. The molecule has 2 nitrogen and oxygen atoms in total. The van der Waals surface area contributed by atoms with Crippen LogP contribution in [0.25, 0.3) is 11.1 Å². The third kappa shape index (κ3) is 3.07. The van der Waals surface area contributed by atoms with Gasteiger partial charge in [0.05, 0.1) is 0 Å². The van der Waals surface area contributed by atoms with E-state index >= 15 is 0 Å². The van der Waals surface area contributed by atoms with Gasteiger partial charge < -0.3 is 9.16 Å². The minimum absolute atomic E-state index is 0.178. The zero-order valence-electron chi connectivity index (χ0n) is 15.3. The van der Waals surface area contributed by atoms with Gasteiger partial charge in [0.25, 0.3) is 0 Å². The van der Waals surface area contributed by atoms with Crippen LogP contribution in [0.15, 0.2) is 30.3 Å². The van der Waals surface area contributed by atoms with E-state index in [-0.39, 0.29) is 5.04 Å². The fourth-order valence-corrected chi connectivity index (χ4v) is 3.79. The minimum Gasteiger partial charge on any atom is -0.543 e. The van der Waals surface area contributed by atoms with Crippen molar-refractivity contribution in [2.45, 2.75) is 52.4 Å². The summed E-state index contributed by atoms with van der Waals surface area (Å²) in [7, 11) is -1.84. The van der Waals surface area contributed by atoms with Crippen LogP contribution in [0.1, 0.15) is 31.9 Å². The van der Waals surface area contributed by atoms with Gasteiger partial charge in [0, 0.05) is 16.1 Å². The van der Waals surface area contributed by atoms with Gasteiger partial charge in [-0.2, -0.15) is 0 Å². The van der Waals surface area contributed by atoms with Crippen LogP contribution in [0.3, 0.4) is 0 Å². The van der Waals surface area contributed by atoms with Crippen LogP contribution in [0.2, 0.25) is 23.2 Å². The normalized spacial score (nSPS) is 13.8. The topological polar surface area (TPSA) is 18.5 Å². The van der Waals surface area contributed by atoms with E-state index in [1.54, 1.807) is 0 Å². The van der Waals surface area contributed by atoms with Gasteiger partial charge >= 0.3 is 0 Å². The smallest absolute Gasteiger partial charge is 0.250 e. The monoisotopic (exact) mass is 360 g/mol. The van der Waals surface area contributed by atoms with Crippen LogP contribution >= 0.6 is 11.6 Å². The minimum atomic E-state index is -1.84. The van der Waals surface area contributed by atoms with Crippen LogP contribution in [0, 0.1) is 6.92 Å². The molecule has 0 N–H and O–H groups in total. The molecule has 128 valence electrons. The highest BCUT2D eigenvalue weighted by atomic mass is 35.5. The number of hydrogen-bond donors (Lipinski definition) is 0. The number of hydrogen-bond acceptors (Lipinski definition) is 2. The van der Waals surface area contributed by atoms with Gasteiger partial charge in [-0.25, -0.2) is 0 Å². The van der Waals surface area contributed by atoms with Crippen molar-refractivity contribution in [3.05, 3.63) is 46.5 Å². The molecule has 24 heavy (non-hydrogen) atoms. The molecule has 2 aromatic rings. The zero-order valence-corrected chi connectivity index (χ0v) is 17.0. The molecule has 0 spiro atoms. The van der Waals surface area contributed by atoms with Crippen molar-refractivity contribution in [3.63, 3.8) is 0 Å². The lowest BCUT2D eigenvalue weighted by atomic mass is 9.96. The maximum Gasteiger partial charge on any atom is 0.250 e. The summed E-state index contributed by atoms with van der Waals surface area (Å²) in [6.07, 6.45) is 0. The second-order valence-corrected chi connectivity index (χ2v) is 13.2. The summed E-state index contributed by atoms with van der Waals surface area (Å²) in [6.45, 7) is 13.8. The molecule has 0 unspecified atom stereocenters. The molecule has 0 atom stereocenters. The molecule has 0 saturated heterocycles. The fraction of sp³-hybridized carbons (Fsp3) is 0.400. The van der Waals surface area contributed by atoms with Gasteiger partial charge in [0.2, 0.25) is 8.32 Å². The number of halogens is 1. The summed E-state index contributed by atoms with van der Waals surface area (Å²) in [6, 6.07) is 10.3. The fourth-order valence-electron chi connectivity index (χ4n) is 2.60. The van der Waals surface area contributed by atoms with Crippen molar-refractivity contribution in [1.82, 2.24) is 0 Å². The van der Waals surface area contributed by atoms with Crippen molar-refractivity contribution in [2.24, 2.45) is 0 Å². The highest BCUT2D eigenvalue weighted by molar-refractivity contribution is 6.74. The lowest BCUT2D eigenvalue weighted by molar-refractivity contribution is 0.301. The summed E-state index contributed by atoms with van der Waals surface area (Å²) >= 11 is 6.31. The van der Waals surface area contributed by atoms with E-state index in [2.05, 4.69) is 52.1 Å². The first-order chi connectivity index (χ1) is 11.1. The molecule has 1 heterocycles. The van der Waals surface area contributed by atoms with Crippen LogP contribution in [-0.2, 0) is 6.61 Å². The van der Waals surface area contributed by atoms with Crippen molar-refractivity contribution < 1.29 is 9.16 Å². The van der Waals surface area contributed by atoms with Gasteiger partial charge in [-0.15, -0.1) is 0 Å². The van der Waals surface area contributed by atoms with E-state index in [0.717, 1.165) is 33.2 Å². The average Bonchev–Trinajstić information content (AvgIpc) is 2.47. The summed E-state index contributed by atoms with van der Waals surface area (Å²) < 4.78 is 12.4. The van der Waals surface area contributed by atoms with Crippen LogP contribution in [-0.4, -0.2) is 8.32 Å². The summed E-state index contributed by atoms with van der Waals surface area (Å²) in [5.74, 6) is 1.84. The van der Waals surface area contributed by atoms with Crippen molar-refractivity contribution in [1.29, 1.82) is 0 Å². The zero-order chi connectivity index (χ0) is 17.7. The van der Waals surface area contributed by atoms with Gasteiger partial charge in [-0.1, -0.05) is 38.4 Å². The first kappa shape index (κ1) is 17.4. The Kier molecular flexibility index (Phi) is 4.21. The summed E-state index contributed by atoms with van der Waals surface area (Å²) in [5.41, 5.74) is 4.43. The molecular weight excluding hydrogens is 336 g/mol. The first-order valence-electron chi connectivity index (χ1n) is 8.34. The molecule has 3 rings (SSSR count). The van der Waals surface area contributed by atoms with E-state index in [9.17, 15) is 0 Å². The largest absolute Gasteiger partial charge is 0.543 e. The van der Waals surface area contributed by atoms with E-state index in [1.807, 2.05) is 19.1 Å². The molecular formula is C20H25ClO2Si. The number of fused-ring (bicyclic) bond motifs is 3. The van der Waals surface area contributed by atoms with Crippen molar-refractivity contribution in [2.75, 3.05) is 0 Å². The highest BCUT2D eigenvalue weighted by Gasteiger charge is 2.39. The molecule has 0 radical (unpaired) electrons. The second kappa shape index (κ2) is 5.82. The van der Waals surface area contributed by atoms with Crippen LogP contribution < -0.4 is 9.16 Å². The summed E-state index contributed by atoms with van der Waals surface area (Å²) in [4.78, 5) is 0. The van der Waals surface area contributed by atoms with Crippen LogP contribution in [0.5, 0.6) is 11.5 Å². The third-order valence-corrected chi connectivity index (χ3v) is 9.96. The predicted molar refractivity (Wildman–Crippen MR) is 104 cm³/mol. The van der Waals surface area contributed by atoms with Gasteiger partial charge in [0.15, 0.2) is 0 Å². The standard InChI is InChI=1S/C20H25ClO2Si/c1-13-9-19-17(11-18(13)21)16-8-7-15(10-14(16)12-22-19)23-24(5,6)20(2,3)4/h7-11H,12H2,1-6H3. The predicted octanol–water partition coefficient (Wildman–Crippen LogP) is 6.59. The number of aryl methyl sites for hydroxylation is 1. The lowest BCUT2D eigenvalue weighted by Gasteiger charge is -2.36. The molecule has 0 saturated carbocycles. The molecule has 0 aromatic heterocycles. The van der Waals surface area contributed by atoms with E-state index in [4.69, 9.17) is 20.8 Å². The Labute approximate surface area is 150 Å². The molecule has 0 bridgehead atoms.